The molecule has 1 saturated heterocycles. The van der Waals surface area contributed by atoms with Crippen LogP contribution in [-0.2, 0) is 24.8 Å². The Morgan fingerprint density at radius 3 is 2.07 bits per heavy atom. The molecule has 2 aromatic rings. The Bertz CT molecular complexity index is 1060. The van der Waals surface area contributed by atoms with Crippen molar-refractivity contribution in [2.75, 3.05) is 18.4 Å². The van der Waals surface area contributed by atoms with Gasteiger partial charge in [-0.05, 0) is 56.2 Å². The topological polar surface area (TPSA) is 113 Å². The molecule has 3 rings (SSSR count). The zero-order valence-corrected chi connectivity index (χ0v) is 17.5. The Kier molecular flexibility index (Phi) is 6.37. The van der Waals surface area contributed by atoms with Crippen molar-refractivity contribution in [2.45, 2.75) is 35.6 Å². The van der Waals surface area contributed by atoms with Crippen LogP contribution >= 0.6 is 0 Å². The van der Waals surface area contributed by atoms with Gasteiger partial charge >= 0.3 is 0 Å². The van der Waals surface area contributed by atoms with E-state index in [1.54, 1.807) is 18.2 Å². The number of nitrogens with one attached hydrogen (secondary N) is 2. The third-order valence-corrected chi connectivity index (χ3v) is 8.07. The van der Waals surface area contributed by atoms with E-state index in [0.717, 1.165) is 12.8 Å². The highest BCUT2D eigenvalue weighted by Crippen LogP contribution is 2.22. The summed E-state index contributed by atoms with van der Waals surface area (Å²) in [6, 6.07) is 12.6. The molecule has 0 aromatic heterocycles. The molecule has 1 atom stereocenters. The van der Waals surface area contributed by atoms with E-state index in [9.17, 15) is 21.6 Å². The van der Waals surface area contributed by atoms with Crippen LogP contribution in [0.1, 0.15) is 19.8 Å². The molecule has 1 aliphatic rings. The van der Waals surface area contributed by atoms with E-state index >= 15 is 0 Å². The zero-order valence-electron chi connectivity index (χ0n) is 15.9. The lowest BCUT2D eigenvalue weighted by molar-refractivity contribution is -0.117. The molecule has 2 aromatic carbocycles. The van der Waals surface area contributed by atoms with Crippen LogP contribution in [-0.4, -0.2) is 46.2 Å². The quantitative estimate of drug-likeness (QED) is 0.686. The normalized spacial score (nSPS) is 16.4. The molecule has 10 heteroatoms. The molecule has 156 valence electrons. The Labute approximate surface area is 171 Å². The lowest BCUT2D eigenvalue weighted by atomic mass is 10.3. The van der Waals surface area contributed by atoms with Crippen molar-refractivity contribution in [3.8, 4) is 0 Å². The maximum absolute atomic E-state index is 12.5. The van der Waals surface area contributed by atoms with E-state index in [2.05, 4.69) is 10.0 Å². The van der Waals surface area contributed by atoms with Crippen LogP contribution < -0.4 is 10.0 Å². The fraction of sp³-hybridized carbons (Fsp3) is 0.316. The second-order valence-electron chi connectivity index (χ2n) is 6.78. The number of anilines is 1. The van der Waals surface area contributed by atoms with Gasteiger partial charge in [-0.3, -0.25) is 4.79 Å². The van der Waals surface area contributed by atoms with Crippen molar-refractivity contribution in [2.24, 2.45) is 0 Å². The number of rotatable bonds is 7. The van der Waals surface area contributed by atoms with Gasteiger partial charge in [0.05, 0.1) is 15.8 Å². The SMILES string of the molecule is CC(NS(=O)(=O)c1ccccc1)C(=O)Nc1ccc(S(=O)(=O)N2CCCC2)cc1. The molecular weight excluding hydrogens is 414 g/mol. The van der Waals surface area contributed by atoms with E-state index in [4.69, 9.17) is 0 Å². The Morgan fingerprint density at radius 1 is 0.897 bits per heavy atom. The molecule has 0 radical (unpaired) electrons. The first-order chi connectivity index (χ1) is 13.7. The summed E-state index contributed by atoms with van der Waals surface area (Å²) in [6.07, 6.45) is 1.70. The predicted molar refractivity (Wildman–Crippen MR) is 109 cm³/mol. The van der Waals surface area contributed by atoms with E-state index in [0.29, 0.717) is 18.8 Å². The summed E-state index contributed by atoms with van der Waals surface area (Å²) in [4.78, 5) is 12.6. The van der Waals surface area contributed by atoms with Crippen LogP contribution in [0.25, 0.3) is 0 Å². The van der Waals surface area contributed by atoms with E-state index in [-0.39, 0.29) is 9.79 Å². The minimum Gasteiger partial charge on any atom is -0.325 e. The minimum absolute atomic E-state index is 0.0659. The summed E-state index contributed by atoms with van der Waals surface area (Å²) in [7, 11) is -7.35. The average molecular weight is 438 g/mol. The maximum atomic E-state index is 12.5. The first kappa shape index (κ1) is 21.4. The molecule has 1 unspecified atom stereocenters. The van der Waals surface area contributed by atoms with Gasteiger partial charge in [0.2, 0.25) is 26.0 Å². The van der Waals surface area contributed by atoms with E-state index in [1.165, 1.54) is 47.6 Å². The number of nitrogens with zero attached hydrogens (tertiary/aromatic N) is 1. The molecule has 8 nitrogen and oxygen atoms in total. The Morgan fingerprint density at radius 2 is 1.48 bits per heavy atom. The molecule has 0 saturated carbocycles. The van der Waals surface area contributed by atoms with Gasteiger partial charge in [-0.25, -0.2) is 16.8 Å². The van der Waals surface area contributed by atoms with Gasteiger partial charge in [0.25, 0.3) is 0 Å². The van der Waals surface area contributed by atoms with Gasteiger partial charge in [0, 0.05) is 18.8 Å². The van der Waals surface area contributed by atoms with Crippen LogP contribution in [0.4, 0.5) is 5.69 Å². The minimum atomic E-state index is -3.83. The third-order valence-electron chi connectivity index (χ3n) is 4.60. The lowest BCUT2D eigenvalue weighted by Crippen LogP contribution is -2.41. The first-order valence-corrected chi connectivity index (χ1v) is 12.1. The smallest absolute Gasteiger partial charge is 0.243 e. The molecule has 2 N–H and O–H groups in total. The van der Waals surface area contributed by atoms with Crippen LogP contribution in [0.2, 0.25) is 0 Å². The summed E-state index contributed by atoms with van der Waals surface area (Å²) in [5.41, 5.74) is 0.376. The van der Waals surface area contributed by atoms with Crippen LogP contribution in [0.3, 0.4) is 0 Å². The standard InChI is InChI=1S/C19H23N3O5S2/c1-15(21-28(24,25)17-7-3-2-4-8-17)19(23)20-16-9-11-18(12-10-16)29(26,27)22-13-5-6-14-22/h2-4,7-12,15,21H,5-6,13-14H2,1H3,(H,20,23). The van der Waals surface area contributed by atoms with Crippen LogP contribution in [0.5, 0.6) is 0 Å². The highest BCUT2D eigenvalue weighted by molar-refractivity contribution is 7.89. The summed E-state index contributed by atoms with van der Waals surface area (Å²) >= 11 is 0. The van der Waals surface area contributed by atoms with Crippen molar-refractivity contribution in [3.05, 3.63) is 54.6 Å². The molecule has 29 heavy (non-hydrogen) atoms. The van der Waals surface area contributed by atoms with Crippen molar-refractivity contribution in [3.63, 3.8) is 0 Å². The molecule has 0 spiro atoms. The highest BCUT2D eigenvalue weighted by atomic mass is 32.2. The maximum Gasteiger partial charge on any atom is 0.243 e. The fourth-order valence-electron chi connectivity index (χ4n) is 2.99. The second kappa shape index (κ2) is 8.62. The molecule has 0 aliphatic carbocycles. The van der Waals surface area contributed by atoms with Gasteiger partial charge in [-0.15, -0.1) is 0 Å². The average Bonchev–Trinajstić information content (AvgIpc) is 3.24. The number of benzene rings is 2. The number of carbonyl (C=O) groups is 1. The van der Waals surface area contributed by atoms with Crippen molar-refractivity contribution in [1.29, 1.82) is 0 Å². The monoisotopic (exact) mass is 437 g/mol. The molecule has 1 aliphatic heterocycles. The van der Waals surface area contributed by atoms with Gasteiger partial charge in [-0.1, -0.05) is 18.2 Å². The molecule has 1 heterocycles. The van der Waals surface area contributed by atoms with Gasteiger partial charge in [-0.2, -0.15) is 9.03 Å². The van der Waals surface area contributed by atoms with Crippen molar-refractivity contribution >= 4 is 31.6 Å². The fourth-order valence-corrected chi connectivity index (χ4v) is 5.73. The number of amides is 1. The van der Waals surface area contributed by atoms with Gasteiger partial charge in [0.15, 0.2) is 0 Å². The molecule has 0 bridgehead atoms. The summed E-state index contributed by atoms with van der Waals surface area (Å²) in [5, 5.41) is 2.59. The largest absolute Gasteiger partial charge is 0.325 e. The number of carbonyl (C=O) groups excluding carboxylic acids is 1. The van der Waals surface area contributed by atoms with E-state index in [1.807, 2.05) is 0 Å². The Balaban J connectivity index is 1.64. The molecule has 1 amide bonds. The van der Waals surface area contributed by atoms with Crippen LogP contribution in [0.15, 0.2) is 64.4 Å². The summed E-state index contributed by atoms with van der Waals surface area (Å²) in [6.45, 7) is 2.46. The summed E-state index contributed by atoms with van der Waals surface area (Å²) in [5.74, 6) is -0.556. The number of sulfonamides is 2. The van der Waals surface area contributed by atoms with Gasteiger partial charge < -0.3 is 5.32 Å². The zero-order chi connectivity index (χ0) is 21.1. The number of hydrogen-bond donors (Lipinski definition) is 2. The lowest BCUT2D eigenvalue weighted by Gasteiger charge is -2.16. The third kappa shape index (κ3) is 5.02. The van der Waals surface area contributed by atoms with Gasteiger partial charge in [0.1, 0.15) is 0 Å². The highest BCUT2D eigenvalue weighted by Gasteiger charge is 2.27. The van der Waals surface area contributed by atoms with Crippen molar-refractivity contribution in [1.82, 2.24) is 9.03 Å². The van der Waals surface area contributed by atoms with E-state index < -0.39 is 32.0 Å². The summed E-state index contributed by atoms with van der Waals surface area (Å²) < 4.78 is 53.5. The number of hydrogen-bond acceptors (Lipinski definition) is 5. The molecular formula is C19H23N3O5S2. The Hall–Kier alpha value is -2.27. The first-order valence-electron chi connectivity index (χ1n) is 9.18. The second-order valence-corrected chi connectivity index (χ2v) is 10.4. The molecule has 1 fully saturated rings. The van der Waals surface area contributed by atoms with Crippen molar-refractivity contribution < 1.29 is 21.6 Å². The van der Waals surface area contributed by atoms with Crippen LogP contribution in [0, 0.1) is 0 Å². The predicted octanol–water partition coefficient (Wildman–Crippen LogP) is 1.78.